The van der Waals surface area contributed by atoms with Crippen LogP contribution in [-0.4, -0.2) is 37.4 Å². The Labute approximate surface area is 146 Å². The van der Waals surface area contributed by atoms with E-state index in [0.717, 1.165) is 12.8 Å². The van der Waals surface area contributed by atoms with Gasteiger partial charge in [-0.15, -0.1) is 0 Å². The lowest BCUT2D eigenvalue weighted by Gasteiger charge is -2.55. The van der Waals surface area contributed by atoms with E-state index in [9.17, 15) is 5.11 Å². The van der Waals surface area contributed by atoms with Crippen molar-refractivity contribution in [2.24, 2.45) is 22.7 Å². The van der Waals surface area contributed by atoms with Crippen LogP contribution in [0.4, 0.5) is 0 Å². The second-order valence-corrected chi connectivity index (χ2v) is 8.79. The minimum atomic E-state index is -0.267. The summed E-state index contributed by atoms with van der Waals surface area (Å²) in [5.74, 6) is 1.08. The van der Waals surface area contributed by atoms with Crippen molar-refractivity contribution < 1.29 is 5.11 Å². The van der Waals surface area contributed by atoms with E-state index < -0.39 is 0 Å². The molecule has 0 aromatic carbocycles. The van der Waals surface area contributed by atoms with E-state index in [0.29, 0.717) is 29.3 Å². The van der Waals surface area contributed by atoms with Crippen LogP contribution in [0.1, 0.15) is 39.5 Å². The number of likely N-dealkylation sites (N-methyl/N-ethyl adjacent to an activating group) is 2. The number of aliphatic hydroxyl groups excluding tert-OH is 1. The highest BCUT2D eigenvalue weighted by molar-refractivity contribution is 5.44. The highest BCUT2D eigenvalue weighted by Gasteiger charge is 2.54. The fraction of sp³-hybridized carbons (Fsp3) is 0.714. The van der Waals surface area contributed by atoms with Gasteiger partial charge in [0.2, 0.25) is 0 Å². The van der Waals surface area contributed by atoms with Gasteiger partial charge in [0.25, 0.3) is 0 Å². The number of nitrogens with one attached hydrogen (secondary N) is 2. The van der Waals surface area contributed by atoms with Gasteiger partial charge in [-0.25, -0.2) is 0 Å². The van der Waals surface area contributed by atoms with Crippen LogP contribution >= 0.6 is 0 Å². The third-order valence-electron chi connectivity index (χ3n) is 7.76. The first-order valence-electron chi connectivity index (χ1n) is 9.57. The van der Waals surface area contributed by atoms with Crippen molar-refractivity contribution in [3.8, 4) is 0 Å². The summed E-state index contributed by atoms with van der Waals surface area (Å²) in [6, 6.07) is 0.921. The summed E-state index contributed by atoms with van der Waals surface area (Å²) in [6.45, 7) is 4.88. The van der Waals surface area contributed by atoms with Crippen molar-refractivity contribution in [3.63, 3.8) is 0 Å². The summed E-state index contributed by atoms with van der Waals surface area (Å²) in [5.41, 5.74) is 3.74. The smallest absolute Gasteiger partial charge is 0.0724 e. The van der Waals surface area contributed by atoms with E-state index in [1.807, 2.05) is 6.08 Å². The average Bonchev–Trinajstić information content (AvgIpc) is 2.91. The number of hydrogen-bond acceptors (Lipinski definition) is 3. The molecule has 7 atom stereocenters. The van der Waals surface area contributed by atoms with Gasteiger partial charge in [-0.05, 0) is 56.7 Å². The monoisotopic (exact) mass is 328 g/mol. The van der Waals surface area contributed by atoms with Crippen LogP contribution < -0.4 is 10.6 Å². The number of rotatable bonds is 2. The summed E-state index contributed by atoms with van der Waals surface area (Å²) >= 11 is 0. The molecule has 4 aliphatic carbocycles. The van der Waals surface area contributed by atoms with Crippen LogP contribution in [0.5, 0.6) is 0 Å². The van der Waals surface area contributed by atoms with Crippen molar-refractivity contribution >= 4 is 0 Å². The van der Waals surface area contributed by atoms with Crippen molar-refractivity contribution in [3.05, 3.63) is 35.5 Å². The second kappa shape index (κ2) is 5.55. The van der Waals surface area contributed by atoms with Crippen LogP contribution in [0.3, 0.4) is 0 Å². The molecule has 0 spiro atoms. The van der Waals surface area contributed by atoms with Crippen molar-refractivity contribution in [2.45, 2.75) is 57.7 Å². The Morgan fingerprint density at radius 3 is 2.58 bits per heavy atom. The first-order chi connectivity index (χ1) is 11.4. The topological polar surface area (TPSA) is 44.3 Å². The van der Waals surface area contributed by atoms with Crippen molar-refractivity contribution in [1.29, 1.82) is 0 Å². The van der Waals surface area contributed by atoms with E-state index in [-0.39, 0.29) is 11.5 Å². The fourth-order valence-electron chi connectivity index (χ4n) is 6.22. The molecule has 0 aliphatic heterocycles. The van der Waals surface area contributed by atoms with Crippen LogP contribution in [-0.2, 0) is 0 Å². The summed E-state index contributed by atoms with van der Waals surface area (Å²) in [6.07, 6.45) is 13.4. The van der Waals surface area contributed by atoms with Gasteiger partial charge >= 0.3 is 0 Å². The summed E-state index contributed by atoms with van der Waals surface area (Å²) in [7, 11) is 4.19. The third-order valence-corrected chi connectivity index (χ3v) is 7.76. The predicted molar refractivity (Wildman–Crippen MR) is 98.7 cm³/mol. The molecule has 0 aromatic rings. The summed E-state index contributed by atoms with van der Waals surface area (Å²) in [5, 5.41) is 17.3. The molecular weight excluding hydrogens is 296 g/mol. The van der Waals surface area contributed by atoms with Crippen LogP contribution in [0, 0.1) is 22.7 Å². The molecule has 3 nitrogen and oxygen atoms in total. The van der Waals surface area contributed by atoms with Crippen LogP contribution in [0.15, 0.2) is 35.5 Å². The Balaban J connectivity index is 1.83. The minimum absolute atomic E-state index is 0.134. The highest BCUT2D eigenvalue weighted by Crippen LogP contribution is 2.60. The molecule has 132 valence electrons. The highest BCUT2D eigenvalue weighted by atomic mass is 16.3. The molecule has 4 rings (SSSR count). The van der Waals surface area contributed by atoms with Gasteiger partial charge in [0.15, 0.2) is 0 Å². The lowest BCUT2D eigenvalue weighted by Crippen LogP contribution is -2.52. The molecule has 0 amide bonds. The van der Waals surface area contributed by atoms with E-state index >= 15 is 0 Å². The quantitative estimate of drug-likeness (QED) is 0.683. The van der Waals surface area contributed by atoms with Gasteiger partial charge in [0.05, 0.1) is 6.10 Å². The maximum Gasteiger partial charge on any atom is 0.0724 e. The van der Waals surface area contributed by atoms with Crippen LogP contribution in [0.2, 0.25) is 0 Å². The number of fused-ring (bicyclic) bond motifs is 4. The normalized spacial score (nSPS) is 49.8. The molecule has 0 radical (unpaired) electrons. The first-order valence-corrected chi connectivity index (χ1v) is 9.57. The Morgan fingerprint density at radius 2 is 1.88 bits per heavy atom. The Hall–Kier alpha value is -0.900. The van der Waals surface area contributed by atoms with Gasteiger partial charge in [0.1, 0.15) is 0 Å². The van der Waals surface area contributed by atoms with Gasteiger partial charge in [-0.1, -0.05) is 43.7 Å². The van der Waals surface area contributed by atoms with Crippen molar-refractivity contribution in [2.75, 3.05) is 14.1 Å². The number of aliphatic hydroxyl groups is 1. The lowest BCUT2D eigenvalue weighted by molar-refractivity contribution is 0.0942. The zero-order valence-corrected chi connectivity index (χ0v) is 15.5. The molecule has 0 heterocycles. The molecule has 1 unspecified atom stereocenters. The Bertz CT molecular complexity index is 621. The largest absolute Gasteiger partial charge is 0.389 e. The van der Waals surface area contributed by atoms with Gasteiger partial charge in [-0.3, -0.25) is 0 Å². The van der Waals surface area contributed by atoms with Gasteiger partial charge < -0.3 is 15.7 Å². The zero-order valence-electron chi connectivity index (χ0n) is 15.5. The Morgan fingerprint density at radius 1 is 1.08 bits per heavy atom. The molecule has 0 saturated heterocycles. The summed E-state index contributed by atoms with van der Waals surface area (Å²) in [4.78, 5) is 0. The van der Waals surface area contributed by atoms with Gasteiger partial charge in [-0.2, -0.15) is 0 Å². The molecule has 3 N–H and O–H groups in total. The second-order valence-electron chi connectivity index (χ2n) is 8.79. The molecule has 24 heavy (non-hydrogen) atoms. The minimum Gasteiger partial charge on any atom is -0.389 e. The predicted octanol–water partition coefficient (Wildman–Crippen LogP) is 2.79. The van der Waals surface area contributed by atoms with E-state index in [1.54, 1.807) is 11.1 Å². The fourth-order valence-corrected chi connectivity index (χ4v) is 6.22. The van der Waals surface area contributed by atoms with Crippen LogP contribution in [0.25, 0.3) is 0 Å². The molecule has 0 saturated carbocycles. The van der Waals surface area contributed by atoms with E-state index in [1.165, 1.54) is 12.8 Å². The van der Waals surface area contributed by atoms with E-state index in [2.05, 4.69) is 56.8 Å². The average molecular weight is 329 g/mol. The maximum absolute atomic E-state index is 10.1. The molecule has 0 fully saturated rings. The first kappa shape index (κ1) is 16.6. The Kier molecular flexibility index (Phi) is 3.83. The molecule has 0 bridgehead atoms. The third kappa shape index (κ3) is 2.07. The zero-order chi connectivity index (χ0) is 17.1. The lowest BCUT2D eigenvalue weighted by atomic mass is 9.51. The molecular formula is C21H32N2O. The molecule has 0 aromatic heterocycles. The maximum atomic E-state index is 10.1. The van der Waals surface area contributed by atoms with Gasteiger partial charge in [0, 0.05) is 23.4 Å². The number of hydrogen-bond donors (Lipinski definition) is 3. The summed E-state index contributed by atoms with van der Waals surface area (Å²) < 4.78 is 0. The standard InChI is InChI=1S/C21H32N2O/c1-20-9-7-14(24)11-13(20)12-17(22-3)19-15-5-6-18(23-4)21(15,2)10-8-16(19)20/h5-7,9,13-15,17-18,22-24H,8,10-12H2,1-4H3/t13-,14?,15-,17-,18-,20-,21-/m0/s1. The van der Waals surface area contributed by atoms with E-state index in [4.69, 9.17) is 0 Å². The van der Waals surface area contributed by atoms with Crippen molar-refractivity contribution in [1.82, 2.24) is 10.6 Å². The number of allylic oxidation sites excluding steroid dienone is 3. The molecule has 4 aliphatic rings. The SMILES string of the molecule is CN[C@H]1C[C@@H]2CC(O)C=C[C@]2(C)C2=C1[C@@H]1C=C[C@H](NC)[C@@]1(C)CC2. The molecule has 3 heteroatoms.